The van der Waals surface area contributed by atoms with Gasteiger partial charge in [-0.2, -0.15) is 0 Å². The van der Waals surface area contributed by atoms with E-state index in [-0.39, 0.29) is 11.8 Å². The van der Waals surface area contributed by atoms with Crippen LogP contribution in [0, 0.1) is 5.92 Å². The molecule has 3 unspecified atom stereocenters. The van der Waals surface area contributed by atoms with E-state index >= 15 is 0 Å². The van der Waals surface area contributed by atoms with Gasteiger partial charge in [0.1, 0.15) is 6.04 Å². The zero-order valence-electron chi connectivity index (χ0n) is 10.7. The minimum atomic E-state index is -1.38. The van der Waals surface area contributed by atoms with E-state index in [1.54, 1.807) is 0 Å². The van der Waals surface area contributed by atoms with E-state index in [0.29, 0.717) is 6.42 Å². The second-order valence-electron chi connectivity index (χ2n) is 4.86. The third-order valence-electron chi connectivity index (χ3n) is 3.35. The van der Waals surface area contributed by atoms with Crippen molar-refractivity contribution in [3.8, 4) is 0 Å². The van der Waals surface area contributed by atoms with Crippen LogP contribution in [0.5, 0.6) is 0 Å². The van der Waals surface area contributed by atoms with Crippen LogP contribution in [0.25, 0.3) is 0 Å². The summed E-state index contributed by atoms with van der Waals surface area (Å²) < 4.78 is 0. The molecular weight excluding hydrogens is 262 g/mol. The Morgan fingerprint density at radius 2 is 1.85 bits per heavy atom. The Bertz CT molecular complexity index is 528. The summed E-state index contributed by atoms with van der Waals surface area (Å²) in [6.45, 7) is 0. The van der Waals surface area contributed by atoms with Gasteiger partial charge in [-0.25, -0.2) is 4.79 Å². The van der Waals surface area contributed by atoms with Crippen molar-refractivity contribution < 1.29 is 24.6 Å². The van der Waals surface area contributed by atoms with Crippen LogP contribution in [0.1, 0.15) is 24.3 Å². The highest BCUT2D eigenvalue weighted by Gasteiger charge is 2.44. The predicted octanol–water partition coefficient (Wildman–Crippen LogP) is 0.834. The molecular formula is C14H15NO5. The zero-order chi connectivity index (χ0) is 14.7. The Hall–Kier alpha value is -2.37. The van der Waals surface area contributed by atoms with Crippen LogP contribution in [0.2, 0.25) is 0 Å². The van der Waals surface area contributed by atoms with Gasteiger partial charge in [0, 0.05) is 5.92 Å². The van der Waals surface area contributed by atoms with E-state index in [0.717, 1.165) is 5.56 Å². The van der Waals surface area contributed by atoms with Gasteiger partial charge in [-0.05, 0) is 17.9 Å². The molecule has 1 fully saturated rings. The van der Waals surface area contributed by atoms with Crippen molar-refractivity contribution in [2.24, 2.45) is 5.92 Å². The Balaban J connectivity index is 1.93. The Morgan fingerprint density at radius 3 is 2.40 bits per heavy atom. The van der Waals surface area contributed by atoms with Gasteiger partial charge in [0.05, 0.1) is 6.42 Å². The number of hydrogen-bond acceptors (Lipinski definition) is 3. The van der Waals surface area contributed by atoms with E-state index in [9.17, 15) is 14.4 Å². The third kappa shape index (κ3) is 3.34. The molecule has 1 aliphatic carbocycles. The van der Waals surface area contributed by atoms with E-state index in [2.05, 4.69) is 5.32 Å². The zero-order valence-corrected chi connectivity index (χ0v) is 10.7. The van der Waals surface area contributed by atoms with Crippen molar-refractivity contribution in [1.82, 2.24) is 5.32 Å². The van der Waals surface area contributed by atoms with Crippen molar-refractivity contribution in [2.75, 3.05) is 0 Å². The molecule has 1 amide bonds. The highest BCUT2D eigenvalue weighted by atomic mass is 16.4. The molecule has 1 aromatic rings. The highest BCUT2D eigenvalue weighted by molar-refractivity contribution is 5.89. The van der Waals surface area contributed by atoms with Crippen LogP contribution < -0.4 is 5.32 Å². The lowest BCUT2D eigenvalue weighted by molar-refractivity contribution is -0.147. The van der Waals surface area contributed by atoms with Crippen molar-refractivity contribution in [1.29, 1.82) is 0 Å². The monoisotopic (exact) mass is 277 g/mol. The molecule has 6 nitrogen and oxygen atoms in total. The summed E-state index contributed by atoms with van der Waals surface area (Å²) in [6.07, 6.45) is 0.0407. The summed E-state index contributed by atoms with van der Waals surface area (Å²) in [5.74, 6) is -3.17. The molecule has 0 radical (unpaired) electrons. The Kier molecular flexibility index (Phi) is 4.02. The minimum Gasteiger partial charge on any atom is -0.481 e. The van der Waals surface area contributed by atoms with Crippen LogP contribution in [0.15, 0.2) is 30.3 Å². The van der Waals surface area contributed by atoms with Gasteiger partial charge in [0.15, 0.2) is 0 Å². The Morgan fingerprint density at radius 1 is 1.20 bits per heavy atom. The number of carbonyl (C=O) groups is 3. The van der Waals surface area contributed by atoms with Crippen LogP contribution >= 0.6 is 0 Å². The number of nitrogens with one attached hydrogen (secondary N) is 1. The second kappa shape index (κ2) is 5.73. The fraction of sp³-hybridized carbons (Fsp3) is 0.357. The summed E-state index contributed by atoms with van der Waals surface area (Å²) in [5, 5.41) is 19.8. The van der Waals surface area contributed by atoms with Crippen LogP contribution in [0.3, 0.4) is 0 Å². The predicted molar refractivity (Wildman–Crippen MR) is 69.1 cm³/mol. The highest BCUT2D eigenvalue weighted by Crippen LogP contribution is 2.47. The first-order chi connectivity index (χ1) is 9.49. The topological polar surface area (TPSA) is 104 Å². The summed E-state index contributed by atoms with van der Waals surface area (Å²) >= 11 is 0. The fourth-order valence-corrected chi connectivity index (χ4v) is 2.21. The van der Waals surface area contributed by atoms with E-state index in [4.69, 9.17) is 10.2 Å². The molecule has 2 rings (SSSR count). The molecule has 3 N–H and O–H groups in total. The molecule has 20 heavy (non-hydrogen) atoms. The van der Waals surface area contributed by atoms with E-state index in [1.165, 1.54) is 0 Å². The molecule has 0 bridgehead atoms. The normalized spacial score (nSPS) is 21.8. The van der Waals surface area contributed by atoms with Crippen molar-refractivity contribution in [3.05, 3.63) is 35.9 Å². The van der Waals surface area contributed by atoms with Gasteiger partial charge >= 0.3 is 11.9 Å². The number of carbonyl (C=O) groups excluding carboxylic acids is 1. The first-order valence-electron chi connectivity index (χ1n) is 6.29. The van der Waals surface area contributed by atoms with Crippen molar-refractivity contribution in [2.45, 2.75) is 24.8 Å². The molecule has 0 heterocycles. The average Bonchev–Trinajstić information content (AvgIpc) is 3.18. The lowest BCUT2D eigenvalue weighted by atomic mass is 10.1. The van der Waals surface area contributed by atoms with Gasteiger partial charge in [-0.15, -0.1) is 0 Å². The average molecular weight is 277 g/mol. The van der Waals surface area contributed by atoms with Crippen molar-refractivity contribution >= 4 is 17.8 Å². The number of carboxylic acids is 2. The van der Waals surface area contributed by atoms with E-state index in [1.807, 2.05) is 30.3 Å². The van der Waals surface area contributed by atoms with Crippen LogP contribution in [0.4, 0.5) is 0 Å². The Labute approximate surface area is 115 Å². The molecule has 0 spiro atoms. The van der Waals surface area contributed by atoms with Gasteiger partial charge < -0.3 is 15.5 Å². The maximum atomic E-state index is 11.9. The summed E-state index contributed by atoms with van der Waals surface area (Å²) in [6, 6.07) is 8.11. The molecule has 1 aliphatic rings. The molecule has 1 saturated carbocycles. The fourth-order valence-electron chi connectivity index (χ4n) is 2.21. The summed E-state index contributed by atoms with van der Waals surface area (Å²) in [7, 11) is 0. The van der Waals surface area contributed by atoms with Gasteiger partial charge in [-0.3, -0.25) is 9.59 Å². The van der Waals surface area contributed by atoms with E-state index < -0.39 is 30.3 Å². The number of aliphatic carboxylic acids is 2. The smallest absolute Gasteiger partial charge is 0.326 e. The van der Waals surface area contributed by atoms with Crippen molar-refractivity contribution in [3.63, 3.8) is 0 Å². The molecule has 0 aliphatic heterocycles. The third-order valence-corrected chi connectivity index (χ3v) is 3.35. The number of carboxylic acid groups (broad SMARTS) is 2. The number of hydrogen-bond donors (Lipinski definition) is 3. The summed E-state index contributed by atoms with van der Waals surface area (Å²) in [4.78, 5) is 33.4. The quantitative estimate of drug-likeness (QED) is 0.714. The largest absolute Gasteiger partial charge is 0.481 e. The van der Waals surface area contributed by atoms with Crippen LogP contribution in [-0.2, 0) is 14.4 Å². The van der Waals surface area contributed by atoms with Gasteiger partial charge in [0.25, 0.3) is 0 Å². The molecule has 3 atom stereocenters. The SMILES string of the molecule is O=C(O)CC(NC(=O)C1CC1c1ccccc1)C(=O)O. The maximum Gasteiger partial charge on any atom is 0.326 e. The number of rotatable bonds is 6. The second-order valence-corrected chi connectivity index (χ2v) is 4.86. The molecule has 1 aromatic carbocycles. The minimum absolute atomic E-state index is 0.0930. The number of benzene rings is 1. The molecule has 6 heteroatoms. The standard InChI is InChI=1S/C14H15NO5/c16-12(17)7-11(14(19)20)15-13(18)10-6-9(10)8-4-2-1-3-5-8/h1-5,9-11H,6-7H2,(H,15,18)(H,16,17)(H,19,20). The first-order valence-corrected chi connectivity index (χ1v) is 6.29. The molecule has 0 aromatic heterocycles. The maximum absolute atomic E-state index is 11.9. The molecule has 106 valence electrons. The lowest BCUT2D eigenvalue weighted by Crippen LogP contribution is -2.43. The summed E-state index contributed by atoms with van der Waals surface area (Å²) in [5.41, 5.74) is 1.04. The van der Waals surface area contributed by atoms with Crippen LogP contribution in [-0.4, -0.2) is 34.1 Å². The lowest BCUT2D eigenvalue weighted by Gasteiger charge is -2.12. The van der Waals surface area contributed by atoms with Gasteiger partial charge in [-0.1, -0.05) is 30.3 Å². The molecule has 0 saturated heterocycles. The number of amides is 1. The first kappa shape index (κ1) is 14.0. The van der Waals surface area contributed by atoms with Gasteiger partial charge in [0.2, 0.25) is 5.91 Å².